The van der Waals surface area contributed by atoms with Crippen molar-refractivity contribution in [3.8, 4) is 6.07 Å². The third kappa shape index (κ3) is 2.30. The first-order valence-electron chi connectivity index (χ1n) is 6.59. The van der Waals surface area contributed by atoms with Gasteiger partial charge in [0, 0.05) is 16.6 Å². The normalized spacial score (nSPS) is 18.2. The second-order valence-corrected chi connectivity index (χ2v) is 5.91. The Bertz CT molecular complexity index is 720. The lowest BCUT2D eigenvalue weighted by Gasteiger charge is -2.19. The largest absolute Gasteiger partial charge is 0.323 e. The van der Waals surface area contributed by atoms with Gasteiger partial charge in [-0.05, 0) is 47.9 Å². The molecule has 0 N–H and O–H groups in total. The number of hydrogen-bond acceptors (Lipinski definition) is 2. The predicted molar refractivity (Wildman–Crippen MR) is 81.3 cm³/mol. The summed E-state index contributed by atoms with van der Waals surface area (Å²) < 4.78 is 1.02. The Morgan fingerprint density at radius 1 is 1.25 bits per heavy atom. The number of likely N-dealkylation sites (tertiary alicyclic amines) is 1. The van der Waals surface area contributed by atoms with Gasteiger partial charge in [0.25, 0.3) is 5.91 Å². The van der Waals surface area contributed by atoms with Crippen molar-refractivity contribution in [1.82, 2.24) is 4.90 Å². The molecule has 1 aliphatic heterocycles. The van der Waals surface area contributed by atoms with E-state index in [1.54, 1.807) is 4.90 Å². The highest BCUT2D eigenvalue weighted by atomic mass is 79.9. The minimum absolute atomic E-state index is 0.0427. The van der Waals surface area contributed by atoms with Gasteiger partial charge in [-0.1, -0.05) is 28.1 Å². The van der Waals surface area contributed by atoms with E-state index in [9.17, 15) is 4.79 Å². The van der Waals surface area contributed by atoms with Gasteiger partial charge in [0.05, 0.1) is 6.07 Å². The predicted octanol–water partition coefficient (Wildman–Crippen LogP) is 3.73. The average molecular weight is 329 g/mol. The van der Waals surface area contributed by atoms with Crippen molar-refractivity contribution in [2.24, 2.45) is 0 Å². The van der Waals surface area contributed by atoms with E-state index in [0.29, 0.717) is 12.1 Å². The lowest BCUT2D eigenvalue weighted by atomic mass is 10.1. The maximum absolute atomic E-state index is 12.5. The fourth-order valence-corrected chi connectivity index (χ4v) is 3.04. The van der Waals surface area contributed by atoms with Crippen LogP contribution in [0.4, 0.5) is 0 Å². The lowest BCUT2D eigenvalue weighted by molar-refractivity contribution is 0.0765. The van der Waals surface area contributed by atoms with E-state index in [0.717, 1.165) is 28.1 Å². The number of benzene rings is 2. The monoisotopic (exact) mass is 328 g/mol. The van der Waals surface area contributed by atoms with Crippen LogP contribution >= 0.6 is 15.9 Å². The van der Waals surface area contributed by atoms with Crippen molar-refractivity contribution in [3.63, 3.8) is 0 Å². The molecule has 0 radical (unpaired) electrons. The fraction of sp³-hybridized carbons (Fsp3) is 0.250. The van der Waals surface area contributed by atoms with Crippen LogP contribution in [0.5, 0.6) is 0 Å². The van der Waals surface area contributed by atoms with Crippen LogP contribution in [0.25, 0.3) is 10.8 Å². The van der Waals surface area contributed by atoms with E-state index in [-0.39, 0.29) is 11.9 Å². The van der Waals surface area contributed by atoms with Crippen molar-refractivity contribution in [1.29, 1.82) is 5.26 Å². The van der Waals surface area contributed by atoms with Crippen LogP contribution in [0.15, 0.2) is 40.9 Å². The van der Waals surface area contributed by atoms with E-state index in [1.807, 2.05) is 36.4 Å². The number of carbonyl (C=O) groups excluding carboxylic acids is 1. The summed E-state index contributed by atoms with van der Waals surface area (Å²) >= 11 is 3.44. The zero-order chi connectivity index (χ0) is 14.1. The van der Waals surface area contributed by atoms with Gasteiger partial charge in [0.2, 0.25) is 0 Å². The molecule has 2 aromatic carbocycles. The Balaban J connectivity index is 1.96. The molecule has 2 aromatic rings. The van der Waals surface area contributed by atoms with E-state index in [4.69, 9.17) is 5.26 Å². The summed E-state index contributed by atoms with van der Waals surface area (Å²) in [6.07, 6.45) is 1.69. The molecule has 0 spiro atoms. The lowest BCUT2D eigenvalue weighted by Crippen LogP contribution is -2.34. The molecule has 0 bridgehead atoms. The van der Waals surface area contributed by atoms with Crippen LogP contribution in [0.2, 0.25) is 0 Å². The van der Waals surface area contributed by atoms with E-state index < -0.39 is 0 Å². The summed E-state index contributed by atoms with van der Waals surface area (Å²) in [5, 5.41) is 11.2. The van der Waals surface area contributed by atoms with Crippen molar-refractivity contribution in [2.75, 3.05) is 6.54 Å². The number of carbonyl (C=O) groups is 1. The van der Waals surface area contributed by atoms with Crippen LogP contribution in [0, 0.1) is 11.3 Å². The van der Waals surface area contributed by atoms with Gasteiger partial charge >= 0.3 is 0 Å². The maximum Gasteiger partial charge on any atom is 0.254 e. The zero-order valence-electron chi connectivity index (χ0n) is 10.8. The number of nitriles is 1. The summed E-state index contributed by atoms with van der Waals surface area (Å²) in [6.45, 7) is 0.676. The van der Waals surface area contributed by atoms with Crippen molar-refractivity contribution >= 4 is 32.6 Å². The smallest absolute Gasteiger partial charge is 0.254 e. The van der Waals surface area contributed by atoms with Crippen LogP contribution in [-0.4, -0.2) is 23.4 Å². The quantitative estimate of drug-likeness (QED) is 0.800. The Morgan fingerprint density at radius 3 is 2.80 bits per heavy atom. The zero-order valence-corrected chi connectivity index (χ0v) is 12.4. The second-order valence-electron chi connectivity index (χ2n) is 4.99. The number of halogens is 1. The van der Waals surface area contributed by atoms with Gasteiger partial charge < -0.3 is 4.90 Å². The Morgan fingerprint density at radius 2 is 2.00 bits per heavy atom. The molecule has 1 saturated heterocycles. The van der Waals surface area contributed by atoms with Crippen molar-refractivity contribution in [3.05, 3.63) is 46.4 Å². The van der Waals surface area contributed by atoms with Crippen LogP contribution in [-0.2, 0) is 0 Å². The van der Waals surface area contributed by atoms with Gasteiger partial charge in [-0.25, -0.2) is 0 Å². The maximum atomic E-state index is 12.5. The van der Waals surface area contributed by atoms with E-state index >= 15 is 0 Å². The Labute approximate surface area is 125 Å². The number of nitrogens with zero attached hydrogens (tertiary/aromatic N) is 2. The van der Waals surface area contributed by atoms with Crippen molar-refractivity contribution < 1.29 is 4.79 Å². The molecule has 1 fully saturated rings. The van der Waals surface area contributed by atoms with Gasteiger partial charge in [-0.15, -0.1) is 0 Å². The molecule has 1 atom stereocenters. The van der Waals surface area contributed by atoms with Gasteiger partial charge in [0.1, 0.15) is 6.04 Å². The van der Waals surface area contributed by atoms with Gasteiger partial charge in [0.15, 0.2) is 0 Å². The summed E-state index contributed by atoms with van der Waals surface area (Å²) in [4.78, 5) is 14.2. The molecule has 1 heterocycles. The molecule has 1 aliphatic rings. The first-order valence-corrected chi connectivity index (χ1v) is 7.38. The second kappa shape index (κ2) is 5.26. The Hall–Kier alpha value is -1.86. The van der Waals surface area contributed by atoms with E-state index in [1.165, 1.54) is 0 Å². The SMILES string of the molecule is N#CC1CCCN1C(=O)c1ccc2cc(Br)ccc2c1. The molecular weight excluding hydrogens is 316 g/mol. The number of hydrogen-bond donors (Lipinski definition) is 0. The van der Waals surface area contributed by atoms with Crippen molar-refractivity contribution in [2.45, 2.75) is 18.9 Å². The van der Waals surface area contributed by atoms with Crippen LogP contribution < -0.4 is 0 Å². The highest BCUT2D eigenvalue weighted by molar-refractivity contribution is 9.10. The molecule has 1 unspecified atom stereocenters. The molecule has 3 rings (SSSR count). The third-order valence-corrected chi connectivity index (χ3v) is 4.21. The summed E-state index contributed by atoms with van der Waals surface area (Å²) in [5.41, 5.74) is 0.655. The van der Waals surface area contributed by atoms with Crippen LogP contribution in [0.1, 0.15) is 23.2 Å². The van der Waals surface area contributed by atoms with Gasteiger partial charge in [-0.2, -0.15) is 5.26 Å². The standard InChI is InChI=1S/C16H13BrN2O/c17-14-6-5-11-8-13(4-3-12(11)9-14)16(20)19-7-1-2-15(19)10-18/h3-6,8-9,15H,1-2,7H2. The minimum atomic E-state index is -0.275. The molecule has 0 aliphatic carbocycles. The summed E-state index contributed by atoms with van der Waals surface area (Å²) in [6, 6.07) is 13.6. The molecule has 100 valence electrons. The van der Waals surface area contributed by atoms with E-state index in [2.05, 4.69) is 22.0 Å². The van der Waals surface area contributed by atoms with Gasteiger partial charge in [-0.3, -0.25) is 4.79 Å². The first kappa shape index (κ1) is 13.1. The number of fused-ring (bicyclic) bond motifs is 1. The number of rotatable bonds is 1. The fourth-order valence-electron chi connectivity index (χ4n) is 2.66. The highest BCUT2D eigenvalue weighted by Crippen LogP contribution is 2.24. The molecule has 0 saturated carbocycles. The molecule has 3 nitrogen and oxygen atoms in total. The molecule has 4 heteroatoms. The topological polar surface area (TPSA) is 44.1 Å². The molecular formula is C16H13BrN2O. The molecule has 0 aromatic heterocycles. The summed E-state index contributed by atoms with van der Waals surface area (Å²) in [7, 11) is 0. The van der Waals surface area contributed by atoms with Crippen LogP contribution in [0.3, 0.4) is 0 Å². The minimum Gasteiger partial charge on any atom is -0.323 e. The highest BCUT2D eigenvalue weighted by Gasteiger charge is 2.29. The first-order chi connectivity index (χ1) is 9.69. The third-order valence-electron chi connectivity index (χ3n) is 3.71. The molecule has 1 amide bonds. The average Bonchev–Trinajstić information content (AvgIpc) is 2.94. The molecule has 20 heavy (non-hydrogen) atoms. The Kier molecular flexibility index (Phi) is 3.45. The summed E-state index contributed by atoms with van der Waals surface area (Å²) in [5.74, 6) is -0.0427. The number of amides is 1.